The third kappa shape index (κ3) is 4.32. The van der Waals surface area contributed by atoms with Gasteiger partial charge in [0.15, 0.2) is 0 Å². The summed E-state index contributed by atoms with van der Waals surface area (Å²) in [5.41, 5.74) is 1.88. The largest absolute Gasteiger partial charge is 0.497 e. The lowest BCUT2D eigenvalue weighted by atomic mass is 10.0. The zero-order valence-corrected chi connectivity index (χ0v) is 16.8. The molecule has 29 heavy (non-hydrogen) atoms. The van der Waals surface area contributed by atoms with Crippen molar-refractivity contribution in [2.24, 2.45) is 0 Å². The molecule has 0 saturated heterocycles. The lowest BCUT2D eigenvalue weighted by Gasteiger charge is -2.12. The molecule has 0 aromatic heterocycles. The summed E-state index contributed by atoms with van der Waals surface area (Å²) in [5, 5.41) is 3.10. The van der Waals surface area contributed by atoms with Crippen molar-refractivity contribution in [2.45, 2.75) is 20.0 Å². The fourth-order valence-electron chi connectivity index (χ4n) is 3.05. The van der Waals surface area contributed by atoms with Crippen LogP contribution in [-0.4, -0.2) is 36.5 Å². The molecule has 0 fully saturated rings. The maximum absolute atomic E-state index is 13.0. The van der Waals surface area contributed by atoms with E-state index >= 15 is 0 Å². The van der Waals surface area contributed by atoms with Crippen molar-refractivity contribution in [1.29, 1.82) is 0 Å². The van der Waals surface area contributed by atoms with Gasteiger partial charge in [0.1, 0.15) is 17.2 Å². The predicted octanol–water partition coefficient (Wildman–Crippen LogP) is 3.86. The van der Waals surface area contributed by atoms with Gasteiger partial charge < -0.3 is 14.8 Å². The zero-order valence-electron chi connectivity index (χ0n) is 16.8. The van der Waals surface area contributed by atoms with Crippen molar-refractivity contribution in [3.8, 4) is 11.5 Å². The Morgan fingerprint density at radius 2 is 1.62 bits per heavy atom. The second-order valence-corrected chi connectivity index (χ2v) is 6.80. The SMILES string of the molecule is C=CCN1C(=O)C(Nc2ccc(OC)cc2)=C(c2ccc(OC(C)C)cc2)C1=O. The highest BCUT2D eigenvalue weighted by molar-refractivity contribution is 6.36. The Hall–Kier alpha value is -3.54. The number of nitrogens with one attached hydrogen (secondary N) is 1. The van der Waals surface area contributed by atoms with Gasteiger partial charge >= 0.3 is 0 Å². The number of carbonyl (C=O) groups excluding carboxylic acids is 2. The maximum atomic E-state index is 13.0. The number of nitrogens with zero attached hydrogens (tertiary/aromatic N) is 1. The van der Waals surface area contributed by atoms with E-state index in [-0.39, 0.29) is 30.2 Å². The van der Waals surface area contributed by atoms with E-state index in [1.54, 1.807) is 55.6 Å². The number of hydrogen-bond donors (Lipinski definition) is 1. The fourth-order valence-corrected chi connectivity index (χ4v) is 3.05. The Balaban J connectivity index is 1.99. The summed E-state index contributed by atoms with van der Waals surface area (Å²) in [6, 6.07) is 14.3. The molecule has 6 heteroatoms. The molecule has 2 aromatic rings. The highest BCUT2D eigenvalue weighted by atomic mass is 16.5. The molecule has 1 aliphatic heterocycles. The van der Waals surface area contributed by atoms with Crippen molar-refractivity contribution in [3.63, 3.8) is 0 Å². The van der Waals surface area contributed by atoms with E-state index < -0.39 is 0 Å². The normalized spacial score (nSPS) is 13.9. The lowest BCUT2D eigenvalue weighted by Crippen LogP contribution is -2.32. The van der Waals surface area contributed by atoms with Gasteiger partial charge in [-0.2, -0.15) is 0 Å². The van der Waals surface area contributed by atoms with Crippen molar-refractivity contribution < 1.29 is 19.1 Å². The van der Waals surface area contributed by atoms with Gasteiger partial charge in [-0.1, -0.05) is 18.2 Å². The fraction of sp³-hybridized carbons (Fsp3) is 0.217. The second-order valence-electron chi connectivity index (χ2n) is 6.80. The first-order valence-electron chi connectivity index (χ1n) is 9.34. The first-order valence-corrected chi connectivity index (χ1v) is 9.34. The molecule has 1 heterocycles. The molecular weight excluding hydrogens is 368 g/mol. The van der Waals surface area contributed by atoms with Crippen LogP contribution in [0.5, 0.6) is 11.5 Å². The quantitative estimate of drug-likeness (QED) is 0.546. The first kappa shape index (κ1) is 20.2. The summed E-state index contributed by atoms with van der Waals surface area (Å²) in [7, 11) is 1.59. The number of imide groups is 1. The molecule has 0 aliphatic carbocycles. The Morgan fingerprint density at radius 1 is 1.00 bits per heavy atom. The molecule has 1 N–H and O–H groups in total. The van der Waals surface area contributed by atoms with Gasteiger partial charge in [-0.3, -0.25) is 14.5 Å². The molecule has 3 rings (SSSR count). The zero-order chi connectivity index (χ0) is 21.0. The monoisotopic (exact) mass is 392 g/mol. The molecule has 0 bridgehead atoms. The number of methoxy groups -OCH3 is 1. The maximum Gasteiger partial charge on any atom is 0.278 e. The van der Waals surface area contributed by atoms with Crippen LogP contribution < -0.4 is 14.8 Å². The number of hydrogen-bond acceptors (Lipinski definition) is 5. The first-order chi connectivity index (χ1) is 13.9. The lowest BCUT2D eigenvalue weighted by molar-refractivity contribution is -0.136. The second kappa shape index (κ2) is 8.65. The van der Waals surface area contributed by atoms with Gasteiger partial charge in [-0.25, -0.2) is 0 Å². The van der Waals surface area contributed by atoms with Crippen LogP contribution in [0.1, 0.15) is 19.4 Å². The molecule has 150 valence electrons. The number of benzene rings is 2. The standard InChI is InChI=1S/C23H24N2O4/c1-5-14-25-22(26)20(16-6-10-19(11-7-16)29-15(2)3)21(23(25)27)24-17-8-12-18(28-4)13-9-17/h5-13,15,24H,1,14H2,2-4H3. The van der Waals surface area contributed by atoms with E-state index in [2.05, 4.69) is 11.9 Å². The van der Waals surface area contributed by atoms with Crippen molar-refractivity contribution in [2.75, 3.05) is 19.0 Å². The summed E-state index contributed by atoms with van der Waals surface area (Å²) >= 11 is 0. The van der Waals surface area contributed by atoms with Crippen LogP contribution in [0.25, 0.3) is 5.57 Å². The van der Waals surface area contributed by atoms with E-state index in [4.69, 9.17) is 9.47 Å². The molecule has 0 unspecified atom stereocenters. The predicted molar refractivity (Wildman–Crippen MR) is 113 cm³/mol. The number of rotatable bonds is 8. The minimum absolute atomic E-state index is 0.0464. The average Bonchev–Trinajstić information content (AvgIpc) is 2.93. The number of amides is 2. The summed E-state index contributed by atoms with van der Waals surface area (Å²) in [6.07, 6.45) is 1.58. The van der Waals surface area contributed by atoms with Crippen molar-refractivity contribution in [1.82, 2.24) is 4.90 Å². The highest BCUT2D eigenvalue weighted by Gasteiger charge is 2.38. The van der Waals surface area contributed by atoms with Crippen molar-refractivity contribution >= 4 is 23.1 Å². The third-order valence-electron chi connectivity index (χ3n) is 4.35. The molecule has 6 nitrogen and oxygen atoms in total. The molecular formula is C23H24N2O4. The van der Waals surface area contributed by atoms with Crippen LogP contribution in [0.15, 0.2) is 66.9 Å². The summed E-state index contributed by atoms with van der Waals surface area (Å²) < 4.78 is 10.8. The van der Waals surface area contributed by atoms with Crippen LogP contribution in [0.2, 0.25) is 0 Å². The van der Waals surface area contributed by atoms with Gasteiger partial charge in [-0.15, -0.1) is 6.58 Å². The summed E-state index contributed by atoms with van der Waals surface area (Å²) in [4.78, 5) is 27.1. The molecule has 2 amide bonds. The Morgan fingerprint density at radius 3 is 2.17 bits per heavy atom. The van der Waals surface area contributed by atoms with Crippen molar-refractivity contribution in [3.05, 3.63) is 72.4 Å². The van der Waals surface area contributed by atoms with E-state index in [0.29, 0.717) is 28.3 Å². The van der Waals surface area contributed by atoms with Gasteiger partial charge in [0.05, 0.1) is 18.8 Å². The summed E-state index contributed by atoms with van der Waals surface area (Å²) in [5.74, 6) is 0.660. The van der Waals surface area contributed by atoms with E-state index in [9.17, 15) is 9.59 Å². The van der Waals surface area contributed by atoms with Crippen LogP contribution in [0, 0.1) is 0 Å². The average molecular weight is 392 g/mol. The smallest absolute Gasteiger partial charge is 0.278 e. The molecule has 0 spiro atoms. The Bertz CT molecular complexity index is 944. The minimum Gasteiger partial charge on any atom is -0.497 e. The van der Waals surface area contributed by atoms with Crippen LogP contribution in [0.3, 0.4) is 0 Å². The number of carbonyl (C=O) groups is 2. The van der Waals surface area contributed by atoms with Crippen LogP contribution >= 0.6 is 0 Å². The topological polar surface area (TPSA) is 67.9 Å². The molecule has 0 atom stereocenters. The Labute approximate surface area is 170 Å². The molecule has 0 radical (unpaired) electrons. The molecule has 1 aliphatic rings. The Kier molecular flexibility index (Phi) is 6.02. The third-order valence-corrected chi connectivity index (χ3v) is 4.35. The van der Waals surface area contributed by atoms with Crippen LogP contribution in [-0.2, 0) is 9.59 Å². The summed E-state index contributed by atoms with van der Waals surface area (Å²) in [6.45, 7) is 7.67. The van der Waals surface area contributed by atoms with E-state index in [0.717, 1.165) is 0 Å². The van der Waals surface area contributed by atoms with Gasteiger partial charge in [0.25, 0.3) is 11.8 Å². The van der Waals surface area contributed by atoms with Gasteiger partial charge in [0.2, 0.25) is 0 Å². The van der Waals surface area contributed by atoms with E-state index in [1.165, 1.54) is 11.0 Å². The molecule has 2 aromatic carbocycles. The number of ether oxygens (including phenoxy) is 2. The van der Waals surface area contributed by atoms with Gasteiger partial charge in [0, 0.05) is 12.2 Å². The van der Waals surface area contributed by atoms with E-state index in [1.807, 2.05) is 13.8 Å². The molecule has 0 saturated carbocycles. The van der Waals surface area contributed by atoms with Gasteiger partial charge in [-0.05, 0) is 55.8 Å². The highest BCUT2D eigenvalue weighted by Crippen LogP contribution is 2.31. The van der Waals surface area contributed by atoms with Crippen LogP contribution in [0.4, 0.5) is 5.69 Å². The minimum atomic E-state index is -0.386. The number of anilines is 1.